The van der Waals surface area contributed by atoms with E-state index < -0.39 is 5.82 Å². The average Bonchev–Trinajstić information content (AvgIpc) is 2.48. The van der Waals surface area contributed by atoms with Crippen LogP contribution in [-0.2, 0) is 0 Å². The Kier molecular flexibility index (Phi) is 4.39. The minimum atomic E-state index is -0.496. The van der Waals surface area contributed by atoms with Gasteiger partial charge in [0, 0.05) is 5.56 Å². The number of ether oxygens (including phenoxy) is 2. The second kappa shape index (κ2) is 6.05. The van der Waals surface area contributed by atoms with Crippen molar-refractivity contribution in [2.75, 3.05) is 14.2 Å². The normalized spacial score (nSPS) is 10.2. The Balaban J connectivity index is 2.61. The van der Waals surface area contributed by atoms with Gasteiger partial charge in [-0.1, -0.05) is 12.1 Å². The summed E-state index contributed by atoms with van der Waals surface area (Å²) in [6, 6.07) is 9.33. The van der Waals surface area contributed by atoms with Crippen LogP contribution in [0.4, 0.5) is 4.39 Å². The monoisotopic (exact) mass is 338 g/mol. The number of hydrogen-bond donors (Lipinski definition) is 0. The topological polar surface area (TPSA) is 35.5 Å². The van der Waals surface area contributed by atoms with E-state index in [1.165, 1.54) is 26.4 Å². The third-order valence-electron chi connectivity index (χ3n) is 2.85. The first kappa shape index (κ1) is 14.5. The summed E-state index contributed by atoms with van der Waals surface area (Å²) >= 11 is 3.09. The third kappa shape index (κ3) is 2.54. The number of ketones is 1. The van der Waals surface area contributed by atoms with Crippen molar-refractivity contribution in [3.05, 3.63) is 57.8 Å². The fourth-order valence-corrected chi connectivity index (χ4v) is 2.33. The van der Waals surface area contributed by atoms with E-state index >= 15 is 0 Å². The van der Waals surface area contributed by atoms with E-state index in [2.05, 4.69) is 15.9 Å². The van der Waals surface area contributed by atoms with Crippen molar-refractivity contribution >= 4 is 21.7 Å². The molecule has 0 saturated carbocycles. The van der Waals surface area contributed by atoms with E-state index in [1.807, 2.05) is 0 Å². The van der Waals surface area contributed by atoms with Gasteiger partial charge in [0.2, 0.25) is 5.78 Å². The van der Waals surface area contributed by atoms with Crippen LogP contribution in [0.5, 0.6) is 11.5 Å². The van der Waals surface area contributed by atoms with E-state index in [4.69, 9.17) is 9.47 Å². The third-order valence-corrected chi connectivity index (χ3v) is 3.66. The average molecular weight is 339 g/mol. The zero-order valence-corrected chi connectivity index (χ0v) is 12.5. The first-order chi connectivity index (χ1) is 9.60. The predicted octanol–water partition coefficient (Wildman–Crippen LogP) is 3.84. The van der Waals surface area contributed by atoms with E-state index in [9.17, 15) is 9.18 Å². The van der Waals surface area contributed by atoms with Gasteiger partial charge >= 0.3 is 0 Å². The molecule has 0 bridgehead atoms. The minimum absolute atomic E-state index is 0.123. The summed E-state index contributed by atoms with van der Waals surface area (Å²) in [5.74, 6) is -0.105. The molecule has 0 saturated heterocycles. The molecule has 2 aromatic carbocycles. The molecule has 0 aliphatic rings. The molecule has 0 spiro atoms. The highest BCUT2D eigenvalue weighted by molar-refractivity contribution is 9.10. The molecule has 0 amide bonds. The lowest BCUT2D eigenvalue weighted by Crippen LogP contribution is -2.08. The fourth-order valence-electron chi connectivity index (χ4n) is 1.89. The Bertz CT molecular complexity index is 633. The molecule has 0 aliphatic carbocycles. The van der Waals surface area contributed by atoms with Gasteiger partial charge in [-0.05, 0) is 40.2 Å². The van der Waals surface area contributed by atoms with E-state index in [1.54, 1.807) is 24.3 Å². The van der Waals surface area contributed by atoms with Crippen LogP contribution < -0.4 is 9.47 Å². The molecule has 20 heavy (non-hydrogen) atoms. The Labute approximate surface area is 124 Å². The van der Waals surface area contributed by atoms with Gasteiger partial charge in [-0.3, -0.25) is 4.79 Å². The van der Waals surface area contributed by atoms with Crippen molar-refractivity contribution in [2.24, 2.45) is 0 Å². The van der Waals surface area contributed by atoms with E-state index in [0.29, 0.717) is 11.5 Å². The Morgan fingerprint density at radius 2 is 1.60 bits per heavy atom. The van der Waals surface area contributed by atoms with Gasteiger partial charge in [0.15, 0.2) is 0 Å². The van der Waals surface area contributed by atoms with Crippen molar-refractivity contribution in [1.29, 1.82) is 0 Å². The lowest BCUT2D eigenvalue weighted by molar-refractivity contribution is 0.103. The second-order valence-corrected chi connectivity index (χ2v) is 4.76. The zero-order chi connectivity index (χ0) is 14.7. The van der Waals surface area contributed by atoms with Gasteiger partial charge in [0.25, 0.3) is 0 Å². The second-order valence-electron chi connectivity index (χ2n) is 3.97. The van der Waals surface area contributed by atoms with Gasteiger partial charge in [0.1, 0.15) is 22.9 Å². The van der Waals surface area contributed by atoms with Gasteiger partial charge in [0.05, 0.1) is 18.7 Å². The summed E-state index contributed by atoms with van der Waals surface area (Å²) in [4.78, 5) is 12.6. The van der Waals surface area contributed by atoms with Crippen molar-refractivity contribution in [3.8, 4) is 11.5 Å². The molecule has 5 heteroatoms. The van der Waals surface area contributed by atoms with Crippen LogP contribution in [0, 0.1) is 5.82 Å². The Morgan fingerprint density at radius 3 is 2.15 bits per heavy atom. The molecule has 0 heterocycles. The molecule has 0 aromatic heterocycles. The fraction of sp³-hybridized carbons (Fsp3) is 0.133. The largest absolute Gasteiger partial charge is 0.496 e. The van der Waals surface area contributed by atoms with Gasteiger partial charge in [-0.15, -0.1) is 0 Å². The highest BCUT2D eigenvalue weighted by Crippen LogP contribution is 2.33. The molecule has 0 N–H and O–H groups in total. The lowest BCUT2D eigenvalue weighted by Gasteiger charge is -2.13. The van der Waals surface area contributed by atoms with E-state index in [0.717, 1.165) is 0 Å². The van der Waals surface area contributed by atoms with Crippen LogP contribution in [0.15, 0.2) is 40.9 Å². The summed E-state index contributed by atoms with van der Waals surface area (Å²) in [5, 5.41) is 0. The molecular formula is C15H12BrFO3. The summed E-state index contributed by atoms with van der Waals surface area (Å²) in [6.45, 7) is 0. The summed E-state index contributed by atoms with van der Waals surface area (Å²) < 4.78 is 24.1. The maximum atomic E-state index is 13.6. The predicted molar refractivity (Wildman–Crippen MR) is 77.1 cm³/mol. The highest BCUT2D eigenvalue weighted by Gasteiger charge is 2.22. The van der Waals surface area contributed by atoms with E-state index in [-0.39, 0.29) is 21.4 Å². The molecule has 0 fully saturated rings. The van der Waals surface area contributed by atoms with Crippen LogP contribution in [0.1, 0.15) is 15.9 Å². The van der Waals surface area contributed by atoms with Crippen molar-refractivity contribution < 1.29 is 18.7 Å². The number of carbonyl (C=O) groups is 1. The van der Waals surface area contributed by atoms with Crippen LogP contribution in [0.25, 0.3) is 0 Å². The van der Waals surface area contributed by atoms with Gasteiger partial charge in [-0.25, -0.2) is 4.39 Å². The molecule has 2 rings (SSSR count). The molecule has 3 nitrogen and oxygen atoms in total. The number of methoxy groups -OCH3 is 2. The van der Waals surface area contributed by atoms with Gasteiger partial charge < -0.3 is 9.47 Å². The molecule has 2 aromatic rings. The number of benzene rings is 2. The summed E-state index contributed by atoms with van der Waals surface area (Å²) in [6.07, 6.45) is 0. The Hall–Kier alpha value is -1.88. The number of halogens is 2. The quantitative estimate of drug-likeness (QED) is 0.794. The molecular weight excluding hydrogens is 327 g/mol. The van der Waals surface area contributed by atoms with Crippen LogP contribution in [-0.4, -0.2) is 20.0 Å². The summed E-state index contributed by atoms with van der Waals surface area (Å²) in [5.41, 5.74) is 0.483. The van der Waals surface area contributed by atoms with Crippen LogP contribution in [0.3, 0.4) is 0 Å². The Morgan fingerprint density at radius 1 is 1.05 bits per heavy atom. The first-order valence-electron chi connectivity index (χ1n) is 5.79. The molecule has 0 unspecified atom stereocenters. The molecule has 104 valence electrons. The molecule has 0 atom stereocenters. The number of hydrogen-bond acceptors (Lipinski definition) is 3. The standard InChI is InChI=1S/C15H12BrFO3/c1-19-11-7-4-8-12(20-2)13(11)15(18)9-5-3-6-10(17)14(9)16/h3-8H,1-2H3. The van der Waals surface area contributed by atoms with Crippen LogP contribution >= 0.6 is 15.9 Å². The highest BCUT2D eigenvalue weighted by atomic mass is 79.9. The minimum Gasteiger partial charge on any atom is -0.496 e. The van der Waals surface area contributed by atoms with Crippen molar-refractivity contribution in [3.63, 3.8) is 0 Å². The zero-order valence-electron chi connectivity index (χ0n) is 10.9. The van der Waals surface area contributed by atoms with Gasteiger partial charge in [-0.2, -0.15) is 0 Å². The molecule has 0 radical (unpaired) electrons. The SMILES string of the molecule is COc1cccc(OC)c1C(=O)c1cccc(F)c1Br. The number of carbonyl (C=O) groups excluding carboxylic acids is 1. The van der Waals surface area contributed by atoms with Crippen molar-refractivity contribution in [2.45, 2.75) is 0 Å². The maximum absolute atomic E-state index is 13.6. The summed E-state index contributed by atoms with van der Waals surface area (Å²) in [7, 11) is 2.93. The lowest BCUT2D eigenvalue weighted by atomic mass is 10.0. The first-order valence-corrected chi connectivity index (χ1v) is 6.59. The number of rotatable bonds is 4. The maximum Gasteiger partial charge on any atom is 0.201 e. The molecule has 0 aliphatic heterocycles. The van der Waals surface area contributed by atoms with Crippen LogP contribution in [0.2, 0.25) is 0 Å². The van der Waals surface area contributed by atoms with Crippen molar-refractivity contribution in [1.82, 2.24) is 0 Å². The smallest absolute Gasteiger partial charge is 0.201 e.